The van der Waals surface area contributed by atoms with Gasteiger partial charge in [-0.05, 0) is 24.6 Å². The summed E-state index contributed by atoms with van der Waals surface area (Å²) in [5.74, 6) is 1.70. The lowest BCUT2D eigenvalue weighted by molar-refractivity contribution is -0.144. The number of aliphatic imine (C=N–C) groups is 1. The second kappa shape index (κ2) is 9.77. The van der Waals surface area contributed by atoms with Gasteiger partial charge in [-0.1, -0.05) is 6.92 Å². The molecule has 0 aliphatic carbocycles. The highest BCUT2D eigenvalue weighted by Gasteiger charge is 2.34. The number of aromatic amines is 1. The molecule has 0 bridgehead atoms. The van der Waals surface area contributed by atoms with E-state index in [1.807, 2.05) is 0 Å². The maximum Gasteiger partial charge on any atom is 0.451 e. The Kier molecular flexibility index (Phi) is 7.03. The Morgan fingerprint density at radius 1 is 1.21 bits per heavy atom. The fourth-order valence-corrected chi connectivity index (χ4v) is 3.24. The molecular formula is C21H19F5N8. The van der Waals surface area contributed by atoms with Gasteiger partial charge in [0, 0.05) is 41.2 Å². The van der Waals surface area contributed by atoms with Gasteiger partial charge < -0.3 is 16.6 Å². The van der Waals surface area contributed by atoms with E-state index in [9.17, 15) is 22.0 Å². The van der Waals surface area contributed by atoms with Gasteiger partial charge in [0.15, 0.2) is 5.82 Å². The first kappa shape index (κ1) is 24.5. The molecule has 0 radical (unpaired) electrons. The third-order valence-corrected chi connectivity index (χ3v) is 4.86. The van der Waals surface area contributed by atoms with Gasteiger partial charge in [-0.25, -0.2) is 18.7 Å². The summed E-state index contributed by atoms with van der Waals surface area (Å²) < 4.78 is 65.4. The number of halogens is 5. The van der Waals surface area contributed by atoms with Crippen molar-refractivity contribution in [1.82, 2.24) is 15.0 Å². The average Bonchev–Trinajstić information content (AvgIpc) is 3.22. The first-order valence-electron chi connectivity index (χ1n) is 9.78. The van der Waals surface area contributed by atoms with Crippen LogP contribution in [0.5, 0.6) is 0 Å². The van der Waals surface area contributed by atoms with Gasteiger partial charge in [0.2, 0.25) is 5.82 Å². The van der Waals surface area contributed by atoms with E-state index >= 15 is 0 Å². The highest BCUT2D eigenvalue weighted by Crippen LogP contribution is 2.31. The summed E-state index contributed by atoms with van der Waals surface area (Å²) in [7, 11) is 0. The summed E-state index contributed by atoms with van der Waals surface area (Å²) >= 11 is 0. The number of nitrogen functional groups attached to an aromatic ring is 1. The molecule has 6 N–H and O–H groups in total. The second-order valence-electron chi connectivity index (χ2n) is 7.09. The molecular weight excluding hydrogens is 459 g/mol. The summed E-state index contributed by atoms with van der Waals surface area (Å²) in [6.07, 6.45) is -1.09. The van der Waals surface area contributed by atoms with Crippen LogP contribution >= 0.6 is 0 Å². The lowest BCUT2D eigenvalue weighted by Gasteiger charge is -2.12. The van der Waals surface area contributed by atoms with Crippen LogP contribution in [0, 0.1) is 17.0 Å². The van der Waals surface area contributed by atoms with Gasteiger partial charge in [0.1, 0.15) is 11.7 Å². The second-order valence-corrected chi connectivity index (χ2v) is 7.09. The molecule has 1 aromatic carbocycles. The SMILES string of the molecule is CCC(C(C=Nc1ccc(F)cc1F)=NN)c1cc(-c2cnc(C(F)(F)F)nc2)c(C(=N)N)[nH]1. The number of benzene rings is 1. The van der Waals surface area contributed by atoms with Gasteiger partial charge in [-0.3, -0.25) is 10.4 Å². The van der Waals surface area contributed by atoms with Crippen LogP contribution < -0.4 is 11.6 Å². The van der Waals surface area contributed by atoms with Gasteiger partial charge in [-0.2, -0.15) is 18.3 Å². The normalized spacial score (nSPS) is 13.4. The number of amidine groups is 1. The van der Waals surface area contributed by atoms with Gasteiger partial charge in [0.25, 0.3) is 0 Å². The molecule has 0 amide bonds. The van der Waals surface area contributed by atoms with E-state index in [2.05, 4.69) is 25.0 Å². The molecule has 0 aliphatic rings. The van der Waals surface area contributed by atoms with E-state index in [1.165, 1.54) is 6.21 Å². The number of H-pyrrole nitrogens is 1. The van der Waals surface area contributed by atoms with Crippen molar-refractivity contribution in [2.45, 2.75) is 25.4 Å². The molecule has 1 unspecified atom stereocenters. The van der Waals surface area contributed by atoms with Crippen molar-refractivity contribution >= 4 is 23.4 Å². The number of nitrogens with zero attached hydrogens (tertiary/aromatic N) is 4. The molecule has 3 aromatic rings. The van der Waals surface area contributed by atoms with E-state index in [0.29, 0.717) is 23.7 Å². The van der Waals surface area contributed by atoms with Crippen molar-refractivity contribution in [3.05, 3.63) is 65.5 Å². The van der Waals surface area contributed by atoms with Crippen molar-refractivity contribution < 1.29 is 22.0 Å². The topological polar surface area (TPSA) is 142 Å². The van der Waals surface area contributed by atoms with Crippen LogP contribution in [0.4, 0.5) is 27.6 Å². The summed E-state index contributed by atoms with van der Waals surface area (Å²) in [5, 5.41) is 11.5. The van der Waals surface area contributed by atoms with E-state index in [0.717, 1.165) is 24.5 Å². The van der Waals surface area contributed by atoms with E-state index in [1.54, 1.807) is 13.0 Å². The lowest BCUT2D eigenvalue weighted by atomic mass is 9.96. The average molecular weight is 478 g/mol. The molecule has 0 aliphatic heterocycles. The predicted molar refractivity (Wildman–Crippen MR) is 117 cm³/mol. The maximum absolute atomic E-state index is 13.9. The van der Waals surface area contributed by atoms with E-state index in [4.69, 9.17) is 17.0 Å². The van der Waals surface area contributed by atoms with Crippen LogP contribution in [-0.2, 0) is 6.18 Å². The molecule has 0 spiro atoms. The minimum absolute atomic E-state index is 0.129. The van der Waals surface area contributed by atoms with Gasteiger partial charge in [-0.15, -0.1) is 0 Å². The number of nitrogens with one attached hydrogen (secondary N) is 2. The third kappa shape index (κ3) is 5.24. The van der Waals surface area contributed by atoms with Crippen molar-refractivity contribution in [3.8, 4) is 11.1 Å². The summed E-state index contributed by atoms with van der Waals surface area (Å²) in [4.78, 5) is 13.6. The van der Waals surface area contributed by atoms with E-state index in [-0.39, 0.29) is 28.5 Å². The maximum atomic E-state index is 13.9. The van der Waals surface area contributed by atoms with Crippen molar-refractivity contribution in [2.24, 2.45) is 21.7 Å². The predicted octanol–water partition coefficient (Wildman–Crippen LogP) is 4.26. The zero-order valence-corrected chi connectivity index (χ0v) is 17.7. The van der Waals surface area contributed by atoms with Crippen LogP contribution in [0.1, 0.15) is 36.5 Å². The molecule has 1 atom stereocenters. The van der Waals surface area contributed by atoms with E-state index < -0.39 is 29.6 Å². The number of hydrazone groups is 1. The molecule has 2 aromatic heterocycles. The Morgan fingerprint density at radius 3 is 2.41 bits per heavy atom. The first-order chi connectivity index (χ1) is 16.0. The summed E-state index contributed by atoms with van der Waals surface area (Å²) in [6.45, 7) is 1.80. The molecule has 13 heteroatoms. The fourth-order valence-electron chi connectivity index (χ4n) is 3.24. The molecule has 0 fully saturated rings. The number of nitrogens with two attached hydrogens (primary N) is 2. The standard InChI is InChI=1S/C21H19F5N8/c1-2-12(17(34-29)9-30-15-4-3-11(22)5-14(15)23)16-6-13(18(33-16)19(27)28)10-7-31-20(32-8-10)21(24,25)26/h3-9,12,33H,2,29H2,1H3,(H3,27,28). The van der Waals surface area contributed by atoms with Gasteiger partial charge >= 0.3 is 6.18 Å². The minimum Gasteiger partial charge on any atom is -0.382 e. The largest absolute Gasteiger partial charge is 0.451 e. The third-order valence-electron chi connectivity index (χ3n) is 4.86. The number of hydrogen-bond acceptors (Lipinski definition) is 6. The number of rotatable bonds is 7. The molecule has 8 nitrogen and oxygen atoms in total. The van der Waals surface area contributed by atoms with Crippen LogP contribution in [-0.4, -0.2) is 32.7 Å². The van der Waals surface area contributed by atoms with Crippen molar-refractivity contribution in [1.29, 1.82) is 5.41 Å². The first-order valence-corrected chi connectivity index (χ1v) is 9.78. The fraction of sp³-hybridized carbons (Fsp3) is 0.190. The Balaban J connectivity index is 1.98. The van der Waals surface area contributed by atoms with Gasteiger partial charge in [0.05, 0.1) is 23.3 Å². The van der Waals surface area contributed by atoms with Crippen molar-refractivity contribution in [3.63, 3.8) is 0 Å². The monoisotopic (exact) mass is 478 g/mol. The zero-order valence-electron chi connectivity index (χ0n) is 17.7. The number of alkyl halides is 3. The van der Waals surface area contributed by atoms with Crippen LogP contribution in [0.2, 0.25) is 0 Å². The van der Waals surface area contributed by atoms with Crippen LogP contribution in [0.15, 0.2) is 46.8 Å². The van der Waals surface area contributed by atoms with Crippen LogP contribution in [0.25, 0.3) is 11.1 Å². The molecule has 0 saturated heterocycles. The summed E-state index contributed by atoms with van der Waals surface area (Å²) in [6, 6.07) is 4.45. The Bertz CT molecular complexity index is 1250. The number of hydrogen-bond donors (Lipinski definition) is 4. The Morgan fingerprint density at radius 2 is 1.88 bits per heavy atom. The molecule has 0 saturated carbocycles. The van der Waals surface area contributed by atoms with Crippen LogP contribution in [0.3, 0.4) is 0 Å². The highest BCUT2D eigenvalue weighted by atomic mass is 19.4. The Labute approximate surface area is 190 Å². The summed E-state index contributed by atoms with van der Waals surface area (Å²) in [5.41, 5.74) is 6.85. The molecule has 178 valence electrons. The Hall–Kier alpha value is -4.16. The molecule has 3 rings (SSSR count). The lowest BCUT2D eigenvalue weighted by Crippen LogP contribution is -2.17. The molecule has 2 heterocycles. The van der Waals surface area contributed by atoms with Crippen molar-refractivity contribution in [2.75, 3.05) is 0 Å². The number of aromatic nitrogens is 3. The molecule has 34 heavy (non-hydrogen) atoms. The quantitative estimate of drug-likeness (QED) is 0.132. The highest BCUT2D eigenvalue weighted by molar-refractivity contribution is 6.33. The zero-order chi connectivity index (χ0) is 25.0. The minimum atomic E-state index is -4.70. The smallest absolute Gasteiger partial charge is 0.382 e.